The number of anilines is 1. The number of aromatic nitrogens is 2. The highest BCUT2D eigenvalue weighted by Crippen LogP contribution is 2.11. The molecule has 0 radical (unpaired) electrons. The Bertz CT molecular complexity index is 348. The Kier molecular flexibility index (Phi) is 5.69. The fraction of sp³-hybridized carbons (Fsp3) is 0.667. The minimum atomic E-state index is 0.0459. The molecule has 1 aromatic heterocycles. The van der Waals surface area contributed by atoms with Crippen LogP contribution in [-0.2, 0) is 11.3 Å². The lowest BCUT2D eigenvalue weighted by molar-refractivity contribution is -0.116. The highest BCUT2D eigenvalue weighted by Gasteiger charge is 2.07. The van der Waals surface area contributed by atoms with Crippen molar-refractivity contribution in [2.45, 2.75) is 39.7 Å². The maximum atomic E-state index is 11.6. The van der Waals surface area contributed by atoms with E-state index >= 15 is 0 Å². The molecule has 1 atom stereocenters. The summed E-state index contributed by atoms with van der Waals surface area (Å²) in [6, 6.07) is 0. The molecule has 1 aromatic rings. The van der Waals surface area contributed by atoms with Crippen LogP contribution in [0, 0.1) is 5.92 Å². The summed E-state index contributed by atoms with van der Waals surface area (Å²) in [4.78, 5) is 11.6. The predicted molar refractivity (Wildman–Crippen MR) is 68.6 cm³/mol. The molecule has 0 aliphatic heterocycles. The number of amides is 1. The van der Waals surface area contributed by atoms with Crippen molar-refractivity contribution in [3.05, 3.63) is 12.4 Å². The minimum Gasteiger partial charge on any atom is -0.330 e. The lowest BCUT2D eigenvalue weighted by Gasteiger charge is -2.08. The van der Waals surface area contributed by atoms with Crippen LogP contribution in [0.3, 0.4) is 0 Å². The van der Waals surface area contributed by atoms with Crippen LogP contribution in [0.1, 0.15) is 33.1 Å². The first kappa shape index (κ1) is 13.7. The van der Waals surface area contributed by atoms with Crippen LogP contribution in [0.5, 0.6) is 0 Å². The second kappa shape index (κ2) is 7.06. The topological polar surface area (TPSA) is 72.9 Å². The zero-order chi connectivity index (χ0) is 12.7. The number of rotatable bonds is 7. The molecule has 17 heavy (non-hydrogen) atoms. The van der Waals surface area contributed by atoms with Gasteiger partial charge in [-0.25, -0.2) is 0 Å². The first-order valence-corrected chi connectivity index (χ1v) is 6.18. The molecule has 96 valence electrons. The van der Waals surface area contributed by atoms with Gasteiger partial charge in [0.05, 0.1) is 11.9 Å². The van der Waals surface area contributed by atoms with Crippen LogP contribution in [0.4, 0.5) is 5.69 Å². The van der Waals surface area contributed by atoms with E-state index in [-0.39, 0.29) is 5.91 Å². The number of nitrogens with one attached hydrogen (secondary N) is 1. The van der Waals surface area contributed by atoms with Gasteiger partial charge >= 0.3 is 0 Å². The molecular formula is C12H22N4O. The van der Waals surface area contributed by atoms with E-state index in [0.29, 0.717) is 18.9 Å². The summed E-state index contributed by atoms with van der Waals surface area (Å²) in [6.07, 6.45) is 5.90. The molecule has 0 aromatic carbocycles. The van der Waals surface area contributed by atoms with Gasteiger partial charge in [0, 0.05) is 19.2 Å². The van der Waals surface area contributed by atoms with E-state index < -0.39 is 0 Å². The molecule has 5 heteroatoms. The van der Waals surface area contributed by atoms with Crippen LogP contribution < -0.4 is 11.1 Å². The third-order valence-electron chi connectivity index (χ3n) is 2.76. The molecule has 0 aliphatic rings. The Morgan fingerprint density at radius 1 is 1.59 bits per heavy atom. The van der Waals surface area contributed by atoms with Gasteiger partial charge in [-0.05, 0) is 32.2 Å². The maximum absolute atomic E-state index is 11.6. The van der Waals surface area contributed by atoms with Crippen LogP contribution >= 0.6 is 0 Å². The lowest BCUT2D eigenvalue weighted by Crippen LogP contribution is -2.13. The summed E-state index contributed by atoms with van der Waals surface area (Å²) >= 11 is 0. The molecular weight excluding hydrogens is 216 g/mol. The number of nitrogens with two attached hydrogens (primary N) is 1. The van der Waals surface area contributed by atoms with Crippen LogP contribution in [0.15, 0.2) is 12.4 Å². The van der Waals surface area contributed by atoms with E-state index in [1.807, 2.05) is 13.1 Å². The molecule has 1 unspecified atom stereocenters. The van der Waals surface area contributed by atoms with Crippen molar-refractivity contribution in [1.29, 1.82) is 0 Å². The van der Waals surface area contributed by atoms with Crippen molar-refractivity contribution in [3.63, 3.8) is 0 Å². The molecule has 5 nitrogen and oxygen atoms in total. The normalized spacial score (nSPS) is 12.4. The van der Waals surface area contributed by atoms with Gasteiger partial charge in [0.1, 0.15) is 0 Å². The number of nitrogens with zero attached hydrogens (tertiary/aromatic N) is 2. The Labute approximate surface area is 102 Å². The van der Waals surface area contributed by atoms with Gasteiger partial charge in [0.15, 0.2) is 0 Å². The van der Waals surface area contributed by atoms with Gasteiger partial charge in [-0.1, -0.05) is 6.92 Å². The third-order valence-corrected chi connectivity index (χ3v) is 2.76. The average molecular weight is 238 g/mol. The lowest BCUT2D eigenvalue weighted by atomic mass is 10.0. The average Bonchev–Trinajstić information content (AvgIpc) is 2.74. The van der Waals surface area contributed by atoms with Gasteiger partial charge in [-0.3, -0.25) is 9.48 Å². The first-order valence-electron chi connectivity index (χ1n) is 6.18. The Balaban J connectivity index is 2.29. The molecule has 0 saturated heterocycles. The predicted octanol–water partition coefficient (Wildman–Crippen LogP) is 1.61. The SMILES string of the molecule is CCn1cc(NC(=O)CCC(C)CCN)cn1. The molecule has 1 rings (SSSR count). The summed E-state index contributed by atoms with van der Waals surface area (Å²) < 4.78 is 1.78. The summed E-state index contributed by atoms with van der Waals surface area (Å²) in [5, 5.41) is 6.94. The molecule has 0 saturated carbocycles. The number of carbonyl (C=O) groups is 1. The Morgan fingerprint density at radius 3 is 2.94 bits per heavy atom. The highest BCUT2D eigenvalue weighted by molar-refractivity contribution is 5.90. The molecule has 0 spiro atoms. The second-order valence-electron chi connectivity index (χ2n) is 4.35. The Hall–Kier alpha value is -1.36. The summed E-state index contributed by atoms with van der Waals surface area (Å²) in [7, 11) is 0. The number of hydrogen-bond donors (Lipinski definition) is 2. The van der Waals surface area contributed by atoms with Crippen molar-refractivity contribution in [2.24, 2.45) is 11.7 Å². The summed E-state index contributed by atoms with van der Waals surface area (Å²) in [5.74, 6) is 0.550. The van der Waals surface area contributed by atoms with E-state index in [9.17, 15) is 4.79 Å². The van der Waals surface area contributed by atoms with Crippen molar-refractivity contribution in [2.75, 3.05) is 11.9 Å². The van der Waals surface area contributed by atoms with Gasteiger partial charge < -0.3 is 11.1 Å². The quantitative estimate of drug-likeness (QED) is 0.758. The monoisotopic (exact) mass is 238 g/mol. The fourth-order valence-electron chi connectivity index (χ4n) is 1.63. The zero-order valence-electron chi connectivity index (χ0n) is 10.6. The van der Waals surface area contributed by atoms with Crippen LogP contribution in [-0.4, -0.2) is 22.2 Å². The van der Waals surface area contributed by atoms with Crippen molar-refractivity contribution < 1.29 is 4.79 Å². The van der Waals surface area contributed by atoms with Crippen molar-refractivity contribution in [3.8, 4) is 0 Å². The Morgan fingerprint density at radius 2 is 2.35 bits per heavy atom. The number of hydrogen-bond acceptors (Lipinski definition) is 3. The van der Waals surface area contributed by atoms with Crippen molar-refractivity contribution in [1.82, 2.24) is 9.78 Å². The summed E-state index contributed by atoms with van der Waals surface area (Å²) in [6.45, 7) is 5.62. The van der Waals surface area contributed by atoms with Gasteiger partial charge in [0.2, 0.25) is 5.91 Å². The van der Waals surface area contributed by atoms with Crippen molar-refractivity contribution >= 4 is 11.6 Å². The third kappa shape index (κ3) is 4.99. The molecule has 1 amide bonds. The molecule has 1 heterocycles. The molecule has 0 aliphatic carbocycles. The van der Waals surface area contributed by atoms with E-state index in [0.717, 1.165) is 25.1 Å². The van der Waals surface area contributed by atoms with Crippen LogP contribution in [0.2, 0.25) is 0 Å². The zero-order valence-corrected chi connectivity index (χ0v) is 10.6. The standard InChI is InChI=1S/C12H22N4O/c1-3-16-9-11(8-14-16)15-12(17)5-4-10(2)6-7-13/h8-10H,3-7,13H2,1-2H3,(H,15,17). The molecule has 3 N–H and O–H groups in total. The molecule has 0 fully saturated rings. The second-order valence-corrected chi connectivity index (χ2v) is 4.35. The largest absolute Gasteiger partial charge is 0.330 e. The van der Waals surface area contributed by atoms with Gasteiger partial charge in [0.25, 0.3) is 0 Å². The smallest absolute Gasteiger partial charge is 0.224 e. The first-order chi connectivity index (χ1) is 8.15. The van der Waals surface area contributed by atoms with E-state index in [1.54, 1.807) is 10.9 Å². The summed E-state index contributed by atoms with van der Waals surface area (Å²) in [5.41, 5.74) is 6.23. The fourth-order valence-corrected chi connectivity index (χ4v) is 1.63. The molecule has 0 bridgehead atoms. The van der Waals surface area contributed by atoms with Gasteiger partial charge in [-0.15, -0.1) is 0 Å². The van der Waals surface area contributed by atoms with E-state index in [1.165, 1.54) is 0 Å². The van der Waals surface area contributed by atoms with Crippen LogP contribution in [0.25, 0.3) is 0 Å². The number of carbonyl (C=O) groups excluding carboxylic acids is 1. The highest BCUT2D eigenvalue weighted by atomic mass is 16.1. The maximum Gasteiger partial charge on any atom is 0.224 e. The van der Waals surface area contributed by atoms with E-state index in [2.05, 4.69) is 17.3 Å². The number of aryl methyl sites for hydroxylation is 1. The van der Waals surface area contributed by atoms with Gasteiger partial charge in [-0.2, -0.15) is 5.10 Å². The van der Waals surface area contributed by atoms with E-state index in [4.69, 9.17) is 5.73 Å². The minimum absolute atomic E-state index is 0.0459.